The van der Waals surface area contributed by atoms with E-state index in [1.54, 1.807) is 0 Å². The van der Waals surface area contributed by atoms with E-state index < -0.39 is 11.6 Å². The molecule has 0 bridgehead atoms. The van der Waals surface area contributed by atoms with Crippen molar-refractivity contribution < 1.29 is 13.2 Å². The molecule has 16 heavy (non-hydrogen) atoms. The van der Waals surface area contributed by atoms with Crippen molar-refractivity contribution in [1.82, 2.24) is 10.2 Å². The SMILES string of the molecule is Fc1cccc(Cc2nnc(CCl)o2)c1F. The van der Waals surface area contributed by atoms with E-state index in [9.17, 15) is 8.78 Å². The molecule has 0 fully saturated rings. The van der Waals surface area contributed by atoms with E-state index in [-0.39, 0.29) is 29.6 Å². The molecular weight excluding hydrogens is 238 g/mol. The maximum Gasteiger partial charge on any atom is 0.231 e. The minimum absolute atomic E-state index is 0.0491. The summed E-state index contributed by atoms with van der Waals surface area (Å²) in [7, 11) is 0. The number of alkyl halides is 1. The molecule has 0 aliphatic carbocycles. The predicted molar refractivity (Wildman–Crippen MR) is 53.0 cm³/mol. The van der Waals surface area contributed by atoms with Crippen LogP contribution in [0, 0.1) is 11.6 Å². The Morgan fingerprint density at radius 2 is 1.94 bits per heavy atom. The molecule has 6 heteroatoms. The van der Waals surface area contributed by atoms with E-state index in [1.165, 1.54) is 12.1 Å². The molecule has 2 aromatic rings. The van der Waals surface area contributed by atoms with Crippen LogP contribution in [0.25, 0.3) is 0 Å². The van der Waals surface area contributed by atoms with E-state index >= 15 is 0 Å². The van der Waals surface area contributed by atoms with Gasteiger partial charge >= 0.3 is 0 Å². The van der Waals surface area contributed by atoms with Crippen LogP contribution >= 0.6 is 11.6 Å². The Kier molecular flexibility index (Phi) is 3.14. The second kappa shape index (κ2) is 4.57. The monoisotopic (exact) mass is 244 g/mol. The van der Waals surface area contributed by atoms with Gasteiger partial charge in [0.05, 0.1) is 6.42 Å². The molecule has 2 rings (SSSR count). The quantitative estimate of drug-likeness (QED) is 0.780. The summed E-state index contributed by atoms with van der Waals surface area (Å²) < 4.78 is 31.3. The van der Waals surface area contributed by atoms with Crippen LogP contribution in [0.5, 0.6) is 0 Å². The van der Waals surface area contributed by atoms with Crippen LogP contribution in [0.2, 0.25) is 0 Å². The van der Waals surface area contributed by atoms with Crippen molar-refractivity contribution in [3.63, 3.8) is 0 Å². The number of nitrogens with zero attached hydrogens (tertiary/aromatic N) is 2. The lowest BCUT2D eigenvalue weighted by Crippen LogP contribution is -1.95. The fraction of sp³-hybridized carbons (Fsp3) is 0.200. The van der Waals surface area contributed by atoms with Crippen molar-refractivity contribution in [1.29, 1.82) is 0 Å². The van der Waals surface area contributed by atoms with Crippen LogP contribution in [-0.2, 0) is 12.3 Å². The van der Waals surface area contributed by atoms with Gasteiger partial charge in [0.25, 0.3) is 0 Å². The Labute approximate surface area is 95.1 Å². The van der Waals surface area contributed by atoms with Gasteiger partial charge in [0.15, 0.2) is 11.6 Å². The van der Waals surface area contributed by atoms with E-state index in [1.807, 2.05) is 0 Å². The van der Waals surface area contributed by atoms with Gasteiger partial charge in [-0.3, -0.25) is 0 Å². The van der Waals surface area contributed by atoms with Crippen LogP contribution in [0.4, 0.5) is 8.78 Å². The molecule has 1 aromatic carbocycles. The van der Waals surface area contributed by atoms with E-state index in [4.69, 9.17) is 16.0 Å². The first kappa shape index (κ1) is 11.0. The van der Waals surface area contributed by atoms with Gasteiger partial charge in [-0.15, -0.1) is 21.8 Å². The molecule has 0 aliphatic rings. The first-order chi connectivity index (χ1) is 7.70. The first-order valence-corrected chi connectivity index (χ1v) is 5.04. The summed E-state index contributed by atoms with van der Waals surface area (Å²) in [6, 6.07) is 3.94. The van der Waals surface area contributed by atoms with E-state index in [0.29, 0.717) is 0 Å². The molecule has 0 unspecified atom stereocenters. The smallest absolute Gasteiger partial charge is 0.231 e. The minimum Gasteiger partial charge on any atom is -0.424 e. The standard InChI is InChI=1S/C10H7ClF2N2O/c11-5-9-15-14-8(16-9)4-6-2-1-3-7(12)10(6)13/h1-3H,4-5H2. The predicted octanol–water partition coefficient (Wildman–Crippen LogP) is 2.68. The average molecular weight is 245 g/mol. The molecule has 0 N–H and O–H groups in total. The Bertz CT molecular complexity index is 501. The second-order valence-electron chi connectivity index (χ2n) is 3.11. The molecule has 0 atom stereocenters. The Balaban J connectivity index is 2.23. The van der Waals surface area contributed by atoms with Crippen molar-refractivity contribution in [3.05, 3.63) is 47.2 Å². The van der Waals surface area contributed by atoms with Gasteiger partial charge in [-0.2, -0.15) is 0 Å². The van der Waals surface area contributed by atoms with Crippen LogP contribution < -0.4 is 0 Å². The third kappa shape index (κ3) is 2.19. The highest BCUT2D eigenvalue weighted by atomic mass is 35.5. The summed E-state index contributed by atoms with van der Waals surface area (Å²) in [6.45, 7) is 0. The van der Waals surface area contributed by atoms with Gasteiger partial charge in [0.1, 0.15) is 5.88 Å². The fourth-order valence-electron chi connectivity index (χ4n) is 1.26. The molecule has 0 amide bonds. The molecule has 1 heterocycles. The van der Waals surface area contributed by atoms with Gasteiger partial charge in [-0.1, -0.05) is 12.1 Å². The van der Waals surface area contributed by atoms with Crippen molar-refractivity contribution >= 4 is 11.6 Å². The average Bonchev–Trinajstić information content (AvgIpc) is 2.73. The van der Waals surface area contributed by atoms with Gasteiger partial charge in [-0.05, 0) is 6.07 Å². The number of hydrogen-bond donors (Lipinski definition) is 0. The summed E-state index contributed by atoms with van der Waals surface area (Å²) in [5.41, 5.74) is 0.171. The Morgan fingerprint density at radius 1 is 1.19 bits per heavy atom. The minimum atomic E-state index is -0.895. The Morgan fingerprint density at radius 3 is 2.62 bits per heavy atom. The fourth-order valence-corrected chi connectivity index (χ4v) is 1.37. The van der Waals surface area contributed by atoms with Crippen molar-refractivity contribution in [2.75, 3.05) is 0 Å². The van der Waals surface area contributed by atoms with Gasteiger partial charge in [-0.25, -0.2) is 8.78 Å². The highest BCUT2D eigenvalue weighted by molar-refractivity contribution is 6.16. The highest BCUT2D eigenvalue weighted by Crippen LogP contribution is 2.15. The zero-order valence-electron chi connectivity index (χ0n) is 8.08. The van der Waals surface area contributed by atoms with Gasteiger partial charge in [0.2, 0.25) is 11.8 Å². The molecule has 0 radical (unpaired) electrons. The number of aromatic nitrogens is 2. The highest BCUT2D eigenvalue weighted by Gasteiger charge is 2.12. The third-order valence-corrected chi connectivity index (χ3v) is 2.22. The second-order valence-corrected chi connectivity index (χ2v) is 3.38. The van der Waals surface area contributed by atoms with Crippen LogP contribution in [-0.4, -0.2) is 10.2 Å². The van der Waals surface area contributed by atoms with Crippen molar-refractivity contribution in [2.45, 2.75) is 12.3 Å². The maximum absolute atomic E-state index is 13.3. The van der Waals surface area contributed by atoms with Crippen LogP contribution in [0.15, 0.2) is 22.6 Å². The van der Waals surface area contributed by atoms with Gasteiger partial charge < -0.3 is 4.42 Å². The maximum atomic E-state index is 13.3. The normalized spacial score (nSPS) is 10.7. The summed E-state index contributed by atoms with van der Waals surface area (Å²) >= 11 is 5.47. The summed E-state index contributed by atoms with van der Waals surface area (Å²) in [5.74, 6) is -1.23. The molecule has 0 saturated carbocycles. The lowest BCUT2D eigenvalue weighted by molar-refractivity contribution is 0.462. The molecule has 3 nitrogen and oxygen atoms in total. The van der Waals surface area contributed by atoms with Crippen molar-refractivity contribution in [2.24, 2.45) is 0 Å². The number of halogens is 3. The summed E-state index contributed by atoms with van der Waals surface area (Å²) in [6.07, 6.45) is 0.0491. The number of rotatable bonds is 3. The summed E-state index contributed by atoms with van der Waals surface area (Å²) in [5, 5.41) is 7.28. The molecule has 0 aliphatic heterocycles. The largest absolute Gasteiger partial charge is 0.424 e. The van der Waals surface area contributed by atoms with Gasteiger partial charge in [0, 0.05) is 5.56 Å². The molecule has 84 valence electrons. The van der Waals surface area contributed by atoms with E-state index in [0.717, 1.165) is 6.07 Å². The van der Waals surface area contributed by atoms with Crippen LogP contribution in [0.1, 0.15) is 17.3 Å². The Hall–Kier alpha value is -1.49. The molecule has 1 aromatic heterocycles. The first-order valence-electron chi connectivity index (χ1n) is 4.51. The van der Waals surface area contributed by atoms with Crippen LogP contribution in [0.3, 0.4) is 0 Å². The van der Waals surface area contributed by atoms with Crippen molar-refractivity contribution in [3.8, 4) is 0 Å². The number of hydrogen-bond acceptors (Lipinski definition) is 3. The third-order valence-electron chi connectivity index (χ3n) is 2.00. The lowest BCUT2D eigenvalue weighted by Gasteiger charge is -1.99. The molecule has 0 saturated heterocycles. The summed E-state index contributed by atoms with van der Waals surface area (Å²) in [4.78, 5) is 0. The zero-order valence-corrected chi connectivity index (χ0v) is 8.84. The number of benzene rings is 1. The molecular formula is C10H7ClF2N2O. The zero-order chi connectivity index (χ0) is 11.5. The van der Waals surface area contributed by atoms with E-state index in [2.05, 4.69) is 10.2 Å². The topological polar surface area (TPSA) is 38.9 Å². The lowest BCUT2D eigenvalue weighted by atomic mass is 10.1. The molecule has 0 spiro atoms.